The van der Waals surface area contributed by atoms with Gasteiger partial charge in [0.2, 0.25) is 5.91 Å². The summed E-state index contributed by atoms with van der Waals surface area (Å²) in [6.07, 6.45) is 1.20. The molecule has 0 fully saturated rings. The maximum atomic E-state index is 11.6. The van der Waals surface area contributed by atoms with Crippen molar-refractivity contribution in [3.8, 4) is 0 Å². The molecule has 0 aliphatic heterocycles. The monoisotopic (exact) mass is 238 g/mol. The van der Waals surface area contributed by atoms with Crippen LogP contribution in [0, 0.1) is 13.8 Å². The van der Waals surface area contributed by atoms with Crippen molar-refractivity contribution in [2.75, 3.05) is 0 Å². The van der Waals surface area contributed by atoms with Crippen LogP contribution < -0.4 is 11.1 Å². The Morgan fingerprint density at radius 1 is 1.53 bits per heavy atom. The Morgan fingerprint density at radius 2 is 2.18 bits per heavy atom. The van der Waals surface area contributed by atoms with Crippen molar-refractivity contribution in [3.63, 3.8) is 0 Å². The third kappa shape index (κ3) is 3.85. The van der Waals surface area contributed by atoms with Crippen molar-refractivity contribution in [1.29, 1.82) is 0 Å². The molecule has 5 heteroatoms. The largest absolute Gasteiger partial charge is 0.352 e. The molecular formula is C12H22N4O. The lowest BCUT2D eigenvalue weighted by Gasteiger charge is -2.07. The highest BCUT2D eigenvalue weighted by molar-refractivity contribution is 5.75. The van der Waals surface area contributed by atoms with Crippen molar-refractivity contribution in [2.24, 2.45) is 12.8 Å². The number of nitrogens with zero attached hydrogens (tertiary/aromatic N) is 2. The molecule has 1 rings (SSSR count). The predicted molar refractivity (Wildman–Crippen MR) is 67.4 cm³/mol. The first-order valence-electron chi connectivity index (χ1n) is 5.93. The van der Waals surface area contributed by atoms with E-state index in [9.17, 15) is 4.79 Å². The smallest absolute Gasteiger partial charge is 0.220 e. The molecule has 1 aromatic heterocycles. The fourth-order valence-corrected chi connectivity index (χ4v) is 1.71. The van der Waals surface area contributed by atoms with Crippen molar-refractivity contribution >= 4 is 5.91 Å². The Bertz CT molecular complexity index is 395. The molecule has 0 aliphatic rings. The quantitative estimate of drug-likeness (QED) is 0.796. The van der Waals surface area contributed by atoms with Crippen LogP contribution in [0.1, 0.15) is 36.7 Å². The molecule has 0 aliphatic carbocycles. The fraction of sp³-hybridized carbons (Fsp3) is 0.667. The van der Waals surface area contributed by atoms with Crippen LogP contribution in [0.4, 0.5) is 0 Å². The van der Waals surface area contributed by atoms with Gasteiger partial charge in [0.15, 0.2) is 0 Å². The first-order valence-corrected chi connectivity index (χ1v) is 5.93. The van der Waals surface area contributed by atoms with Crippen LogP contribution in [0.15, 0.2) is 0 Å². The Kier molecular flexibility index (Phi) is 4.69. The van der Waals surface area contributed by atoms with E-state index >= 15 is 0 Å². The van der Waals surface area contributed by atoms with E-state index in [4.69, 9.17) is 5.73 Å². The molecule has 0 bridgehead atoms. The highest BCUT2D eigenvalue weighted by Crippen LogP contribution is 2.11. The van der Waals surface area contributed by atoms with Crippen LogP contribution in [0.5, 0.6) is 0 Å². The van der Waals surface area contributed by atoms with Crippen LogP contribution in [-0.4, -0.2) is 21.7 Å². The second-order valence-electron chi connectivity index (χ2n) is 4.57. The number of nitrogens with two attached hydrogens (primary N) is 1. The number of aryl methyl sites for hydroxylation is 2. The van der Waals surface area contributed by atoms with Gasteiger partial charge in [-0.2, -0.15) is 5.10 Å². The van der Waals surface area contributed by atoms with Gasteiger partial charge >= 0.3 is 0 Å². The van der Waals surface area contributed by atoms with Crippen LogP contribution in [-0.2, 0) is 18.4 Å². The van der Waals surface area contributed by atoms with Gasteiger partial charge < -0.3 is 11.1 Å². The molecule has 0 saturated heterocycles. The highest BCUT2D eigenvalue weighted by Gasteiger charge is 2.10. The normalized spacial score (nSPS) is 12.5. The zero-order chi connectivity index (χ0) is 13.0. The summed E-state index contributed by atoms with van der Waals surface area (Å²) < 4.78 is 1.83. The van der Waals surface area contributed by atoms with E-state index in [1.807, 2.05) is 32.5 Å². The third-order valence-corrected chi connectivity index (χ3v) is 2.95. The van der Waals surface area contributed by atoms with Gasteiger partial charge in [-0.05, 0) is 27.2 Å². The molecule has 0 spiro atoms. The summed E-state index contributed by atoms with van der Waals surface area (Å²) in [5, 5.41) is 7.21. The van der Waals surface area contributed by atoms with E-state index in [-0.39, 0.29) is 11.9 Å². The highest BCUT2D eigenvalue weighted by atomic mass is 16.1. The molecule has 1 heterocycles. The second kappa shape index (κ2) is 5.82. The van der Waals surface area contributed by atoms with Crippen LogP contribution in [0.25, 0.3) is 0 Å². The second-order valence-corrected chi connectivity index (χ2v) is 4.57. The molecule has 96 valence electrons. The van der Waals surface area contributed by atoms with Gasteiger partial charge in [-0.1, -0.05) is 0 Å². The third-order valence-electron chi connectivity index (χ3n) is 2.95. The number of hydrogen-bond donors (Lipinski definition) is 2. The standard InChI is InChI=1S/C12H22N4O/c1-8(13)5-6-12(17)14-7-11-9(2)15-16(4)10(11)3/h8H,5-7,13H2,1-4H3,(H,14,17). The van der Waals surface area contributed by atoms with Gasteiger partial charge in [0.05, 0.1) is 5.69 Å². The molecule has 0 aromatic carbocycles. The maximum absolute atomic E-state index is 11.6. The Morgan fingerprint density at radius 3 is 2.65 bits per heavy atom. The maximum Gasteiger partial charge on any atom is 0.220 e. The summed E-state index contributed by atoms with van der Waals surface area (Å²) in [4.78, 5) is 11.6. The summed E-state index contributed by atoms with van der Waals surface area (Å²) in [7, 11) is 1.91. The lowest BCUT2D eigenvalue weighted by Crippen LogP contribution is -2.25. The van der Waals surface area contributed by atoms with Crippen molar-refractivity contribution in [2.45, 2.75) is 46.2 Å². The van der Waals surface area contributed by atoms with Gasteiger partial charge in [-0.3, -0.25) is 9.48 Å². The average Bonchev–Trinajstić information content (AvgIpc) is 2.48. The summed E-state index contributed by atoms with van der Waals surface area (Å²) in [6.45, 7) is 6.41. The molecule has 1 atom stereocenters. The lowest BCUT2D eigenvalue weighted by atomic mass is 10.1. The molecule has 0 radical (unpaired) electrons. The van der Waals surface area contributed by atoms with Gasteiger partial charge in [0.25, 0.3) is 0 Å². The van der Waals surface area contributed by atoms with E-state index < -0.39 is 0 Å². The van der Waals surface area contributed by atoms with E-state index in [0.717, 1.165) is 23.4 Å². The van der Waals surface area contributed by atoms with E-state index in [1.54, 1.807) is 0 Å². The number of amides is 1. The predicted octanol–water partition coefficient (Wildman–Crippen LogP) is 0.781. The molecular weight excluding hydrogens is 216 g/mol. The van der Waals surface area contributed by atoms with Crippen molar-refractivity contribution < 1.29 is 4.79 Å². The first-order chi connectivity index (χ1) is 7.91. The summed E-state index contributed by atoms with van der Waals surface area (Å²) in [5.41, 5.74) is 8.77. The molecule has 3 N–H and O–H groups in total. The number of carbonyl (C=O) groups is 1. The number of hydrogen-bond acceptors (Lipinski definition) is 3. The van der Waals surface area contributed by atoms with Gasteiger partial charge in [-0.15, -0.1) is 0 Å². The summed E-state index contributed by atoms with van der Waals surface area (Å²) in [6, 6.07) is 0.0719. The molecule has 0 saturated carbocycles. The Labute approximate surface area is 102 Å². The van der Waals surface area contributed by atoms with Crippen LogP contribution in [0.2, 0.25) is 0 Å². The minimum Gasteiger partial charge on any atom is -0.352 e. The summed E-state index contributed by atoms with van der Waals surface area (Å²) in [5.74, 6) is 0.0463. The summed E-state index contributed by atoms with van der Waals surface area (Å²) >= 11 is 0. The Balaban J connectivity index is 2.47. The number of nitrogens with one attached hydrogen (secondary N) is 1. The van der Waals surface area contributed by atoms with E-state index in [0.29, 0.717) is 13.0 Å². The first kappa shape index (κ1) is 13.7. The lowest BCUT2D eigenvalue weighted by molar-refractivity contribution is -0.121. The zero-order valence-corrected chi connectivity index (χ0v) is 11.1. The Hall–Kier alpha value is -1.36. The number of rotatable bonds is 5. The van der Waals surface area contributed by atoms with Crippen LogP contribution >= 0.6 is 0 Å². The molecule has 1 unspecified atom stereocenters. The molecule has 17 heavy (non-hydrogen) atoms. The van der Waals surface area contributed by atoms with Crippen molar-refractivity contribution in [3.05, 3.63) is 17.0 Å². The minimum atomic E-state index is 0.0463. The van der Waals surface area contributed by atoms with Gasteiger partial charge in [0.1, 0.15) is 0 Å². The average molecular weight is 238 g/mol. The van der Waals surface area contributed by atoms with Gasteiger partial charge in [-0.25, -0.2) is 0 Å². The van der Waals surface area contributed by atoms with Gasteiger partial charge in [0, 0.05) is 37.3 Å². The molecule has 1 amide bonds. The number of aromatic nitrogens is 2. The van der Waals surface area contributed by atoms with E-state index in [1.165, 1.54) is 0 Å². The molecule has 5 nitrogen and oxygen atoms in total. The number of carbonyl (C=O) groups excluding carboxylic acids is 1. The molecule has 1 aromatic rings. The SMILES string of the molecule is Cc1nn(C)c(C)c1CNC(=O)CCC(C)N. The van der Waals surface area contributed by atoms with E-state index in [2.05, 4.69) is 10.4 Å². The zero-order valence-electron chi connectivity index (χ0n) is 11.1. The topological polar surface area (TPSA) is 72.9 Å². The van der Waals surface area contributed by atoms with Crippen LogP contribution in [0.3, 0.4) is 0 Å². The fourth-order valence-electron chi connectivity index (χ4n) is 1.71. The van der Waals surface area contributed by atoms with Crippen molar-refractivity contribution in [1.82, 2.24) is 15.1 Å². The minimum absolute atomic E-state index is 0.0463.